The summed E-state index contributed by atoms with van der Waals surface area (Å²) in [4.78, 5) is 27.8. The number of amides is 2. The molecule has 0 saturated carbocycles. The van der Waals surface area contributed by atoms with Crippen LogP contribution in [0.1, 0.15) is 29.4 Å². The minimum atomic E-state index is -0.427. The number of aromatic nitrogens is 1. The first-order chi connectivity index (χ1) is 11.5. The Morgan fingerprint density at radius 2 is 2.04 bits per heavy atom. The van der Waals surface area contributed by atoms with Crippen LogP contribution in [0.25, 0.3) is 0 Å². The molecule has 0 aliphatic heterocycles. The molecule has 2 aromatic rings. The van der Waals surface area contributed by atoms with Crippen LogP contribution >= 0.6 is 11.6 Å². The number of hydrazone groups is 1. The molecule has 0 radical (unpaired) electrons. The van der Waals surface area contributed by atoms with E-state index in [0.717, 1.165) is 5.56 Å². The zero-order chi connectivity index (χ0) is 17.5. The van der Waals surface area contributed by atoms with Gasteiger partial charge in [-0.2, -0.15) is 5.10 Å². The molecule has 0 bridgehead atoms. The van der Waals surface area contributed by atoms with Gasteiger partial charge in [-0.3, -0.25) is 14.6 Å². The van der Waals surface area contributed by atoms with Gasteiger partial charge in [0.15, 0.2) is 0 Å². The monoisotopic (exact) mass is 344 g/mol. The van der Waals surface area contributed by atoms with Crippen LogP contribution in [0, 0.1) is 6.92 Å². The lowest BCUT2D eigenvalue weighted by molar-refractivity contribution is -0.115. The van der Waals surface area contributed by atoms with Gasteiger partial charge in [0.05, 0.1) is 6.42 Å². The average Bonchev–Trinajstić information content (AvgIpc) is 2.56. The lowest BCUT2D eigenvalue weighted by Gasteiger charge is -2.08. The molecule has 0 spiro atoms. The van der Waals surface area contributed by atoms with Gasteiger partial charge in [-0.05, 0) is 49.7 Å². The van der Waals surface area contributed by atoms with E-state index in [1.807, 2.05) is 6.92 Å². The first kappa shape index (κ1) is 17.6. The van der Waals surface area contributed by atoms with Crippen molar-refractivity contribution in [3.63, 3.8) is 0 Å². The summed E-state index contributed by atoms with van der Waals surface area (Å²) in [7, 11) is 0. The summed E-state index contributed by atoms with van der Waals surface area (Å²) in [5.74, 6) is -0.655. The number of aryl methyl sites for hydroxylation is 1. The van der Waals surface area contributed by atoms with E-state index in [9.17, 15) is 9.59 Å². The van der Waals surface area contributed by atoms with Crippen LogP contribution in [-0.2, 0) is 4.79 Å². The highest BCUT2D eigenvalue weighted by Gasteiger charge is 2.08. The highest BCUT2D eigenvalue weighted by Crippen LogP contribution is 2.19. The predicted octanol–water partition coefficient (Wildman–Crippen LogP) is 3.18. The lowest BCUT2D eigenvalue weighted by atomic mass is 10.2. The molecule has 2 amide bonds. The summed E-state index contributed by atoms with van der Waals surface area (Å²) in [6.45, 7) is 3.52. The molecular formula is C17H17ClN4O2. The maximum absolute atomic E-state index is 12.0. The van der Waals surface area contributed by atoms with E-state index < -0.39 is 5.91 Å². The van der Waals surface area contributed by atoms with Gasteiger partial charge in [0.25, 0.3) is 5.91 Å². The molecule has 0 atom stereocenters. The Labute approximate surface area is 144 Å². The van der Waals surface area contributed by atoms with Crippen molar-refractivity contribution in [2.45, 2.75) is 20.3 Å². The first-order valence-electron chi connectivity index (χ1n) is 7.26. The number of hydrogen-bond donors (Lipinski definition) is 2. The first-order valence-corrected chi connectivity index (χ1v) is 7.64. The van der Waals surface area contributed by atoms with Crippen molar-refractivity contribution in [3.05, 3.63) is 58.9 Å². The summed E-state index contributed by atoms with van der Waals surface area (Å²) in [6, 6.07) is 10.2. The Balaban J connectivity index is 1.90. The highest BCUT2D eigenvalue weighted by molar-refractivity contribution is 6.30. The fraction of sp³-hybridized carbons (Fsp3) is 0.176. The molecule has 0 fully saturated rings. The number of nitrogens with zero attached hydrogens (tertiary/aromatic N) is 2. The molecule has 7 heteroatoms. The standard InChI is InChI=1S/C17H17ClN4O2/c1-11-9-13(18)6-7-14(11)20-16(23)10-12(2)21-22-17(24)15-5-3-4-8-19-15/h3-9H,10H2,1-2H3,(H,20,23)(H,22,24)/b21-12+. The second-order valence-corrected chi connectivity index (χ2v) is 5.62. The van der Waals surface area contributed by atoms with Gasteiger partial charge >= 0.3 is 0 Å². The molecule has 1 heterocycles. The minimum Gasteiger partial charge on any atom is -0.326 e. The quantitative estimate of drug-likeness (QED) is 0.645. The molecular weight excluding hydrogens is 328 g/mol. The number of hydrogen-bond acceptors (Lipinski definition) is 4. The van der Waals surface area contributed by atoms with Gasteiger partial charge in [-0.25, -0.2) is 5.43 Å². The molecule has 0 saturated heterocycles. The maximum atomic E-state index is 12.0. The number of carbonyl (C=O) groups excluding carboxylic acids is 2. The number of anilines is 1. The Bertz CT molecular complexity index is 775. The van der Waals surface area contributed by atoms with Crippen LogP contribution in [0.4, 0.5) is 5.69 Å². The summed E-state index contributed by atoms with van der Waals surface area (Å²) in [5.41, 5.74) is 4.67. The normalized spacial score (nSPS) is 11.0. The van der Waals surface area contributed by atoms with Crippen LogP contribution in [0.15, 0.2) is 47.7 Å². The van der Waals surface area contributed by atoms with Crippen molar-refractivity contribution in [3.8, 4) is 0 Å². The Morgan fingerprint density at radius 3 is 2.71 bits per heavy atom. The van der Waals surface area contributed by atoms with Crippen molar-refractivity contribution >= 4 is 34.8 Å². The van der Waals surface area contributed by atoms with Crippen molar-refractivity contribution < 1.29 is 9.59 Å². The van der Waals surface area contributed by atoms with Crippen LogP contribution < -0.4 is 10.7 Å². The van der Waals surface area contributed by atoms with Crippen molar-refractivity contribution in [1.29, 1.82) is 0 Å². The fourth-order valence-electron chi connectivity index (χ4n) is 1.93. The molecule has 0 aliphatic rings. The van der Waals surface area contributed by atoms with E-state index in [4.69, 9.17) is 11.6 Å². The number of nitrogens with one attached hydrogen (secondary N) is 2. The van der Waals surface area contributed by atoms with E-state index in [0.29, 0.717) is 16.4 Å². The van der Waals surface area contributed by atoms with Crippen LogP contribution in [0.5, 0.6) is 0 Å². The van der Waals surface area contributed by atoms with Gasteiger partial charge in [-0.1, -0.05) is 17.7 Å². The molecule has 2 rings (SSSR count). The summed E-state index contributed by atoms with van der Waals surface area (Å²) < 4.78 is 0. The van der Waals surface area contributed by atoms with Gasteiger partial charge in [-0.15, -0.1) is 0 Å². The van der Waals surface area contributed by atoms with E-state index >= 15 is 0 Å². The second kappa shape index (κ2) is 8.21. The molecule has 1 aromatic carbocycles. The fourth-order valence-corrected chi connectivity index (χ4v) is 2.16. The topological polar surface area (TPSA) is 83.5 Å². The Hall–Kier alpha value is -2.73. The van der Waals surface area contributed by atoms with Gasteiger partial charge in [0, 0.05) is 22.6 Å². The summed E-state index contributed by atoms with van der Waals surface area (Å²) >= 11 is 5.88. The van der Waals surface area contributed by atoms with Gasteiger partial charge in [0.1, 0.15) is 5.69 Å². The van der Waals surface area contributed by atoms with E-state index in [-0.39, 0.29) is 18.0 Å². The van der Waals surface area contributed by atoms with Gasteiger partial charge < -0.3 is 5.32 Å². The zero-order valence-electron chi connectivity index (χ0n) is 13.3. The largest absolute Gasteiger partial charge is 0.326 e. The van der Waals surface area contributed by atoms with Crippen LogP contribution in [0.2, 0.25) is 5.02 Å². The third kappa shape index (κ3) is 5.17. The van der Waals surface area contributed by atoms with Crippen molar-refractivity contribution in [2.75, 3.05) is 5.32 Å². The summed E-state index contributed by atoms with van der Waals surface area (Å²) in [6.07, 6.45) is 1.58. The van der Waals surface area contributed by atoms with Crippen LogP contribution in [0.3, 0.4) is 0 Å². The van der Waals surface area contributed by atoms with E-state index in [2.05, 4.69) is 20.8 Å². The minimum absolute atomic E-state index is 0.0601. The zero-order valence-corrected chi connectivity index (χ0v) is 14.1. The number of benzene rings is 1. The molecule has 6 nitrogen and oxygen atoms in total. The van der Waals surface area contributed by atoms with E-state index in [1.54, 1.807) is 43.3 Å². The van der Waals surface area contributed by atoms with Gasteiger partial charge in [0.2, 0.25) is 5.91 Å². The summed E-state index contributed by atoms with van der Waals surface area (Å²) in [5, 5.41) is 7.31. The van der Waals surface area contributed by atoms with Crippen LogP contribution in [-0.4, -0.2) is 22.5 Å². The molecule has 1 aromatic heterocycles. The second-order valence-electron chi connectivity index (χ2n) is 5.19. The number of pyridine rings is 1. The maximum Gasteiger partial charge on any atom is 0.289 e. The molecule has 24 heavy (non-hydrogen) atoms. The number of carbonyl (C=O) groups is 2. The van der Waals surface area contributed by atoms with Crippen molar-refractivity contribution in [1.82, 2.24) is 10.4 Å². The molecule has 124 valence electrons. The Kier molecular flexibility index (Phi) is 6.03. The SMILES string of the molecule is C/C(CC(=O)Nc1ccc(Cl)cc1C)=N\NC(=O)c1ccccn1. The Morgan fingerprint density at radius 1 is 1.25 bits per heavy atom. The van der Waals surface area contributed by atoms with Crippen molar-refractivity contribution in [2.24, 2.45) is 5.10 Å². The highest BCUT2D eigenvalue weighted by atomic mass is 35.5. The molecule has 0 unspecified atom stereocenters. The average molecular weight is 345 g/mol. The lowest BCUT2D eigenvalue weighted by Crippen LogP contribution is -2.22. The third-order valence-electron chi connectivity index (χ3n) is 3.12. The number of rotatable bonds is 5. The molecule has 0 aliphatic carbocycles. The predicted molar refractivity (Wildman–Crippen MR) is 94.2 cm³/mol. The molecule has 2 N–H and O–H groups in total. The number of halogens is 1. The third-order valence-corrected chi connectivity index (χ3v) is 3.36. The van der Waals surface area contributed by atoms with E-state index in [1.165, 1.54) is 6.20 Å². The smallest absolute Gasteiger partial charge is 0.289 e.